The molecule has 24 heavy (non-hydrogen) atoms. The van der Waals surface area contributed by atoms with Gasteiger partial charge in [0.05, 0.1) is 0 Å². The lowest BCUT2D eigenvalue weighted by Gasteiger charge is -2.35. The Bertz CT molecular complexity index is 817. The number of carbonyl (C=O) groups excluding carboxylic acids is 1. The summed E-state index contributed by atoms with van der Waals surface area (Å²) in [5, 5.41) is 9.60. The zero-order valence-corrected chi connectivity index (χ0v) is 13.0. The molecule has 0 unspecified atom stereocenters. The van der Waals surface area contributed by atoms with Crippen LogP contribution in [0.4, 0.5) is 0 Å². The van der Waals surface area contributed by atoms with Gasteiger partial charge in [0.1, 0.15) is 24.3 Å². The predicted molar refractivity (Wildman–Crippen MR) is 86.8 cm³/mol. The summed E-state index contributed by atoms with van der Waals surface area (Å²) in [6.07, 6.45) is 0.340. The van der Waals surface area contributed by atoms with Gasteiger partial charge >= 0.3 is 5.97 Å². The summed E-state index contributed by atoms with van der Waals surface area (Å²) >= 11 is 0. The van der Waals surface area contributed by atoms with E-state index >= 15 is 0 Å². The van der Waals surface area contributed by atoms with Crippen molar-refractivity contribution >= 4 is 11.9 Å². The third-order valence-electron chi connectivity index (χ3n) is 4.81. The summed E-state index contributed by atoms with van der Waals surface area (Å²) in [4.78, 5) is 26.3. The fourth-order valence-corrected chi connectivity index (χ4v) is 3.54. The van der Waals surface area contributed by atoms with Crippen LogP contribution in [0.1, 0.15) is 22.6 Å². The average Bonchev–Trinajstić information content (AvgIpc) is 3.04. The van der Waals surface area contributed by atoms with E-state index in [9.17, 15) is 14.7 Å². The van der Waals surface area contributed by atoms with Gasteiger partial charge in [-0.3, -0.25) is 4.79 Å². The minimum absolute atomic E-state index is 0.179. The topological polar surface area (TPSA) is 66.8 Å². The van der Waals surface area contributed by atoms with Crippen molar-refractivity contribution in [3.8, 4) is 5.75 Å². The number of aliphatic carboxylic acids is 1. The lowest BCUT2D eigenvalue weighted by Crippen LogP contribution is -2.50. The fourth-order valence-electron chi connectivity index (χ4n) is 3.54. The second-order valence-corrected chi connectivity index (χ2v) is 6.19. The molecule has 2 aliphatic heterocycles. The number of carboxylic acids is 1. The Hall–Kier alpha value is -2.82. The van der Waals surface area contributed by atoms with Gasteiger partial charge in [0.2, 0.25) is 5.91 Å². The molecule has 2 atom stereocenters. The van der Waals surface area contributed by atoms with E-state index in [0.717, 1.165) is 16.7 Å². The maximum absolute atomic E-state index is 13.1. The zero-order chi connectivity index (χ0) is 16.7. The Labute approximate surface area is 139 Å². The molecule has 2 aliphatic rings. The highest BCUT2D eigenvalue weighted by Crippen LogP contribution is 2.36. The van der Waals surface area contributed by atoms with Gasteiger partial charge in [-0.1, -0.05) is 42.5 Å². The van der Waals surface area contributed by atoms with Crippen LogP contribution in [-0.4, -0.2) is 34.5 Å². The Morgan fingerprint density at radius 1 is 1.04 bits per heavy atom. The summed E-state index contributed by atoms with van der Waals surface area (Å²) in [5.74, 6) is -0.875. The van der Waals surface area contributed by atoms with Crippen molar-refractivity contribution in [1.29, 1.82) is 0 Å². The third-order valence-corrected chi connectivity index (χ3v) is 4.81. The van der Waals surface area contributed by atoms with E-state index in [1.54, 1.807) is 0 Å². The molecule has 2 heterocycles. The number of ether oxygens (including phenoxy) is 1. The number of fused-ring (bicyclic) bond motifs is 2. The molecular formula is C19H17NO4. The lowest BCUT2D eigenvalue weighted by atomic mass is 9.91. The summed E-state index contributed by atoms with van der Waals surface area (Å²) < 4.78 is 5.59. The maximum atomic E-state index is 13.1. The zero-order valence-electron chi connectivity index (χ0n) is 13.0. The summed E-state index contributed by atoms with van der Waals surface area (Å²) in [7, 11) is 0. The SMILES string of the molecule is O=C(O)[C@@H]1Cc2ccccc2CN1C(=O)[C@@H]1COc2ccccc21. The van der Waals surface area contributed by atoms with Crippen LogP contribution in [0, 0.1) is 0 Å². The molecule has 0 aliphatic carbocycles. The van der Waals surface area contributed by atoms with E-state index < -0.39 is 17.9 Å². The number of benzene rings is 2. The molecule has 122 valence electrons. The molecule has 0 fully saturated rings. The second kappa shape index (κ2) is 5.67. The second-order valence-electron chi connectivity index (χ2n) is 6.19. The lowest BCUT2D eigenvalue weighted by molar-refractivity contribution is -0.152. The van der Waals surface area contributed by atoms with E-state index in [-0.39, 0.29) is 12.5 Å². The standard InChI is InChI=1S/C19H17NO4/c21-18(15-11-24-17-8-4-3-7-14(15)17)20-10-13-6-2-1-5-12(13)9-16(20)19(22)23/h1-8,15-16H,9-11H2,(H,22,23)/t15-,16+/m1/s1. The first kappa shape index (κ1) is 14.8. The van der Waals surface area contributed by atoms with E-state index in [0.29, 0.717) is 18.7 Å². The van der Waals surface area contributed by atoms with Crippen molar-refractivity contribution in [2.45, 2.75) is 24.9 Å². The first-order valence-corrected chi connectivity index (χ1v) is 7.97. The molecule has 0 saturated carbocycles. The van der Waals surface area contributed by atoms with Crippen LogP contribution < -0.4 is 4.74 Å². The maximum Gasteiger partial charge on any atom is 0.326 e. The highest BCUT2D eigenvalue weighted by Gasteiger charge is 2.40. The van der Waals surface area contributed by atoms with Crippen LogP contribution in [-0.2, 0) is 22.6 Å². The number of amides is 1. The Balaban J connectivity index is 1.67. The largest absolute Gasteiger partial charge is 0.492 e. The third kappa shape index (κ3) is 2.33. The van der Waals surface area contributed by atoms with Gasteiger partial charge in [-0.05, 0) is 17.2 Å². The Morgan fingerprint density at radius 2 is 1.75 bits per heavy atom. The number of rotatable bonds is 2. The van der Waals surface area contributed by atoms with E-state index in [1.165, 1.54) is 4.90 Å². The van der Waals surface area contributed by atoms with Crippen LogP contribution in [0.25, 0.3) is 0 Å². The molecule has 0 radical (unpaired) electrons. The molecular weight excluding hydrogens is 306 g/mol. The summed E-state index contributed by atoms with van der Waals surface area (Å²) in [6, 6.07) is 14.3. The van der Waals surface area contributed by atoms with Crippen molar-refractivity contribution in [3.63, 3.8) is 0 Å². The van der Waals surface area contributed by atoms with Gasteiger partial charge < -0.3 is 14.7 Å². The highest BCUT2D eigenvalue weighted by molar-refractivity contribution is 5.90. The van der Waals surface area contributed by atoms with Gasteiger partial charge in [-0.25, -0.2) is 4.79 Å². The first-order valence-electron chi connectivity index (χ1n) is 7.97. The van der Waals surface area contributed by atoms with Crippen molar-refractivity contribution in [1.82, 2.24) is 4.90 Å². The summed E-state index contributed by atoms with van der Waals surface area (Å²) in [5.41, 5.74) is 2.85. The molecule has 2 aromatic carbocycles. The molecule has 2 aromatic rings. The van der Waals surface area contributed by atoms with Gasteiger partial charge in [0.15, 0.2) is 0 Å². The molecule has 5 heteroatoms. The van der Waals surface area contributed by atoms with Crippen LogP contribution in [0.15, 0.2) is 48.5 Å². The van der Waals surface area contributed by atoms with Crippen LogP contribution in [0.5, 0.6) is 5.75 Å². The smallest absolute Gasteiger partial charge is 0.326 e. The Kier molecular flexibility index (Phi) is 3.49. The molecule has 0 spiro atoms. The van der Waals surface area contributed by atoms with Gasteiger partial charge in [-0.2, -0.15) is 0 Å². The number of carboxylic acid groups (broad SMARTS) is 1. The average molecular weight is 323 g/mol. The summed E-state index contributed by atoms with van der Waals surface area (Å²) in [6.45, 7) is 0.591. The number of para-hydroxylation sites is 1. The van der Waals surface area contributed by atoms with E-state index in [2.05, 4.69) is 0 Å². The van der Waals surface area contributed by atoms with Crippen LogP contribution in [0.3, 0.4) is 0 Å². The number of carbonyl (C=O) groups is 2. The van der Waals surface area contributed by atoms with Crippen molar-refractivity contribution in [2.24, 2.45) is 0 Å². The normalized spacial score (nSPS) is 21.6. The molecule has 4 rings (SSSR count). The van der Waals surface area contributed by atoms with Crippen molar-refractivity contribution < 1.29 is 19.4 Å². The monoisotopic (exact) mass is 323 g/mol. The molecule has 1 N–H and O–H groups in total. The molecule has 0 aromatic heterocycles. The number of hydrogen-bond donors (Lipinski definition) is 1. The van der Waals surface area contributed by atoms with E-state index in [4.69, 9.17) is 4.74 Å². The Morgan fingerprint density at radius 3 is 2.54 bits per heavy atom. The number of hydrogen-bond acceptors (Lipinski definition) is 3. The van der Waals surface area contributed by atoms with E-state index in [1.807, 2.05) is 48.5 Å². The molecule has 0 saturated heterocycles. The minimum atomic E-state index is -0.968. The molecule has 1 amide bonds. The fraction of sp³-hybridized carbons (Fsp3) is 0.263. The molecule has 5 nitrogen and oxygen atoms in total. The quantitative estimate of drug-likeness (QED) is 0.920. The minimum Gasteiger partial charge on any atom is -0.492 e. The number of nitrogens with zero attached hydrogens (tertiary/aromatic N) is 1. The van der Waals surface area contributed by atoms with Crippen molar-refractivity contribution in [2.75, 3.05) is 6.61 Å². The van der Waals surface area contributed by atoms with Gasteiger partial charge in [0.25, 0.3) is 0 Å². The highest BCUT2D eigenvalue weighted by atomic mass is 16.5. The van der Waals surface area contributed by atoms with Gasteiger partial charge in [0, 0.05) is 18.5 Å². The first-order chi connectivity index (χ1) is 11.6. The van der Waals surface area contributed by atoms with Crippen molar-refractivity contribution in [3.05, 3.63) is 65.2 Å². The predicted octanol–water partition coefficient (Wildman–Crippen LogP) is 2.20. The van der Waals surface area contributed by atoms with Crippen LogP contribution in [0.2, 0.25) is 0 Å². The van der Waals surface area contributed by atoms with Gasteiger partial charge in [-0.15, -0.1) is 0 Å². The van der Waals surface area contributed by atoms with Crippen LogP contribution >= 0.6 is 0 Å². The molecule has 0 bridgehead atoms.